The highest BCUT2D eigenvalue weighted by molar-refractivity contribution is 7.11. The van der Waals surface area contributed by atoms with Gasteiger partial charge in [0.15, 0.2) is 0 Å². The zero-order chi connectivity index (χ0) is 15.4. The van der Waals surface area contributed by atoms with Gasteiger partial charge in [-0.2, -0.15) is 0 Å². The zero-order valence-electron chi connectivity index (χ0n) is 12.8. The van der Waals surface area contributed by atoms with E-state index in [1.807, 2.05) is 32.9 Å². The van der Waals surface area contributed by atoms with Gasteiger partial charge >= 0.3 is 6.03 Å². The standard InChI is InChI=1S/C15H20N4OS/c1-9-7-10(2)17-13(8-9)19-15(20)16-6-5-14-18-11(3)12(4)21-14/h7-8H,5-6H2,1-4H3,(H2,16,17,19,20). The highest BCUT2D eigenvalue weighted by Crippen LogP contribution is 2.16. The van der Waals surface area contributed by atoms with Gasteiger partial charge in [-0.1, -0.05) is 0 Å². The molecule has 112 valence electrons. The molecule has 0 aliphatic heterocycles. The molecular formula is C15H20N4OS. The minimum absolute atomic E-state index is 0.238. The quantitative estimate of drug-likeness (QED) is 0.912. The first-order chi connectivity index (χ1) is 9.94. The van der Waals surface area contributed by atoms with Crippen LogP contribution in [0.4, 0.5) is 10.6 Å². The molecule has 2 heterocycles. The smallest absolute Gasteiger partial charge is 0.320 e. The Morgan fingerprint density at radius 3 is 2.57 bits per heavy atom. The number of anilines is 1. The van der Waals surface area contributed by atoms with E-state index in [1.165, 1.54) is 4.88 Å². The number of hydrogen-bond donors (Lipinski definition) is 2. The fourth-order valence-corrected chi connectivity index (χ4v) is 2.93. The van der Waals surface area contributed by atoms with E-state index < -0.39 is 0 Å². The van der Waals surface area contributed by atoms with Crippen molar-refractivity contribution in [1.29, 1.82) is 0 Å². The Kier molecular flexibility index (Phi) is 4.90. The Hall–Kier alpha value is -1.95. The third kappa shape index (κ3) is 4.53. The average molecular weight is 304 g/mol. The van der Waals surface area contributed by atoms with Crippen molar-refractivity contribution in [3.8, 4) is 0 Å². The van der Waals surface area contributed by atoms with Crippen LogP contribution in [0.5, 0.6) is 0 Å². The molecule has 0 aliphatic carbocycles. The van der Waals surface area contributed by atoms with E-state index in [2.05, 4.69) is 27.5 Å². The van der Waals surface area contributed by atoms with E-state index in [4.69, 9.17) is 0 Å². The van der Waals surface area contributed by atoms with Gasteiger partial charge in [0, 0.05) is 23.5 Å². The van der Waals surface area contributed by atoms with Crippen LogP contribution in [0.15, 0.2) is 12.1 Å². The molecule has 0 aliphatic rings. The summed E-state index contributed by atoms with van der Waals surface area (Å²) >= 11 is 1.68. The molecule has 2 rings (SSSR count). The van der Waals surface area contributed by atoms with Gasteiger partial charge in [-0.3, -0.25) is 5.32 Å². The Balaban J connectivity index is 1.82. The van der Waals surface area contributed by atoms with Crippen molar-refractivity contribution in [3.05, 3.63) is 39.0 Å². The molecule has 0 saturated carbocycles. The van der Waals surface area contributed by atoms with Gasteiger partial charge in [-0.15, -0.1) is 11.3 Å². The molecule has 0 aromatic carbocycles. The molecule has 0 radical (unpaired) electrons. The van der Waals surface area contributed by atoms with Gasteiger partial charge in [0.1, 0.15) is 5.82 Å². The highest BCUT2D eigenvalue weighted by Gasteiger charge is 2.06. The molecule has 2 amide bonds. The van der Waals surface area contributed by atoms with E-state index in [-0.39, 0.29) is 6.03 Å². The van der Waals surface area contributed by atoms with Gasteiger partial charge < -0.3 is 5.32 Å². The lowest BCUT2D eigenvalue weighted by Gasteiger charge is -2.07. The number of aromatic nitrogens is 2. The Labute approximate surface area is 128 Å². The van der Waals surface area contributed by atoms with Crippen molar-refractivity contribution >= 4 is 23.2 Å². The van der Waals surface area contributed by atoms with Gasteiger partial charge in [0.05, 0.1) is 10.7 Å². The van der Waals surface area contributed by atoms with Crippen LogP contribution in [0.3, 0.4) is 0 Å². The first-order valence-electron chi connectivity index (χ1n) is 6.87. The number of nitrogens with zero attached hydrogens (tertiary/aromatic N) is 2. The summed E-state index contributed by atoms with van der Waals surface area (Å²) in [4.78, 5) is 21.8. The van der Waals surface area contributed by atoms with Crippen molar-refractivity contribution < 1.29 is 4.79 Å². The molecule has 0 spiro atoms. The molecule has 0 atom stereocenters. The van der Waals surface area contributed by atoms with Crippen molar-refractivity contribution in [1.82, 2.24) is 15.3 Å². The minimum atomic E-state index is -0.238. The van der Waals surface area contributed by atoms with Gasteiger partial charge in [-0.25, -0.2) is 14.8 Å². The van der Waals surface area contributed by atoms with Crippen molar-refractivity contribution in [3.63, 3.8) is 0 Å². The SMILES string of the molecule is Cc1cc(C)nc(NC(=O)NCCc2nc(C)c(C)s2)c1. The van der Waals surface area contributed by atoms with Gasteiger partial charge in [-0.05, 0) is 45.4 Å². The number of nitrogens with one attached hydrogen (secondary N) is 2. The maximum atomic E-state index is 11.8. The van der Waals surface area contributed by atoms with E-state index in [0.29, 0.717) is 12.4 Å². The number of urea groups is 1. The monoisotopic (exact) mass is 304 g/mol. The third-order valence-electron chi connectivity index (χ3n) is 3.04. The number of carbonyl (C=O) groups excluding carboxylic acids is 1. The van der Waals surface area contributed by atoms with E-state index in [9.17, 15) is 4.79 Å². The largest absolute Gasteiger partial charge is 0.337 e. The molecule has 5 nitrogen and oxygen atoms in total. The molecule has 2 aromatic rings. The van der Waals surface area contributed by atoms with Crippen molar-refractivity contribution in [2.24, 2.45) is 0 Å². The molecule has 2 N–H and O–H groups in total. The summed E-state index contributed by atoms with van der Waals surface area (Å²) in [5.41, 5.74) is 3.03. The second-order valence-electron chi connectivity index (χ2n) is 5.05. The summed E-state index contributed by atoms with van der Waals surface area (Å²) in [6.07, 6.45) is 0.743. The maximum Gasteiger partial charge on any atom is 0.320 e. The normalized spacial score (nSPS) is 10.5. The maximum absolute atomic E-state index is 11.8. The molecule has 6 heteroatoms. The lowest BCUT2D eigenvalue weighted by molar-refractivity contribution is 0.252. The van der Waals surface area contributed by atoms with Crippen molar-refractivity contribution in [2.45, 2.75) is 34.1 Å². The predicted molar refractivity (Wildman–Crippen MR) is 86.0 cm³/mol. The van der Waals surface area contributed by atoms with Crippen LogP contribution >= 0.6 is 11.3 Å². The lowest BCUT2D eigenvalue weighted by atomic mass is 10.2. The summed E-state index contributed by atoms with van der Waals surface area (Å²) in [6.45, 7) is 8.50. The summed E-state index contributed by atoms with van der Waals surface area (Å²) < 4.78 is 0. The summed E-state index contributed by atoms with van der Waals surface area (Å²) in [7, 11) is 0. The van der Waals surface area contributed by atoms with Crippen LogP contribution in [0.25, 0.3) is 0 Å². The van der Waals surface area contributed by atoms with Crippen LogP contribution in [-0.4, -0.2) is 22.5 Å². The molecule has 21 heavy (non-hydrogen) atoms. The number of thiazole rings is 1. The minimum Gasteiger partial charge on any atom is -0.337 e. The summed E-state index contributed by atoms with van der Waals surface area (Å²) in [6, 6.07) is 3.58. The first-order valence-corrected chi connectivity index (χ1v) is 7.69. The number of pyridine rings is 1. The van der Waals surface area contributed by atoms with Crippen LogP contribution in [0, 0.1) is 27.7 Å². The number of aryl methyl sites for hydroxylation is 4. The third-order valence-corrected chi connectivity index (χ3v) is 4.17. The molecule has 2 aromatic heterocycles. The highest BCUT2D eigenvalue weighted by atomic mass is 32.1. The summed E-state index contributed by atoms with van der Waals surface area (Å²) in [5, 5.41) is 6.62. The van der Waals surface area contributed by atoms with E-state index in [1.54, 1.807) is 11.3 Å². The molecule has 0 bridgehead atoms. The number of amides is 2. The lowest BCUT2D eigenvalue weighted by Crippen LogP contribution is -2.30. The summed E-state index contributed by atoms with van der Waals surface area (Å²) in [5.74, 6) is 0.575. The second-order valence-corrected chi connectivity index (χ2v) is 6.34. The second kappa shape index (κ2) is 6.67. The average Bonchev–Trinajstić information content (AvgIpc) is 2.67. The molecular weight excluding hydrogens is 284 g/mol. The zero-order valence-corrected chi connectivity index (χ0v) is 13.6. The first kappa shape index (κ1) is 15.4. The van der Waals surface area contributed by atoms with Gasteiger partial charge in [0.25, 0.3) is 0 Å². The molecule has 0 saturated heterocycles. The fourth-order valence-electron chi connectivity index (χ4n) is 1.99. The molecule has 0 unspecified atom stereocenters. The Morgan fingerprint density at radius 2 is 1.95 bits per heavy atom. The number of rotatable bonds is 4. The van der Waals surface area contributed by atoms with Crippen molar-refractivity contribution in [2.75, 3.05) is 11.9 Å². The Morgan fingerprint density at radius 1 is 1.19 bits per heavy atom. The number of hydrogen-bond acceptors (Lipinski definition) is 4. The predicted octanol–water partition coefficient (Wildman–Crippen LogP) is 3.14. The number of carbonyl (C=O) groups is 1. The van der Waals surface area contributed by atoms with Crippen LogP contribution in [-0.2, 0) is 6.42 Å². The van der Waals surface area contributed by atoms with E-state index >= 15 is 0 Å². The molecule has 0 fully saturated rings. The fraction of sp³-hybridized carbons (Fsp3) is 0.400. The van der Waals surface area contributed by atoms with E-state index in [0.717, 1.165) is 28.4 Å². The van der Waals surface area contributed by atoms with Crippen LogP contribution < -0.4 is 10.6 Å². The van der Waals surface area contributed by atoms with Crippen LogP contribution in [0.2, 0.25) is 0 Å². The van der Waals surface area contributed by atoms with Crippen LogP contribution in [0.1, 0.15) is 26.8 Å². The Bertz CT molecular complexity index is 611. The topological polar surface area (TPSA) is 66.9 Å². The van der Waals surface area contributed by atoms with Gasteiger partial charge in [0.2, 0.25) is 0 Å².